The summed E-state index contributed by atoms with van der Waals surface area (Å²) in [5.74, 6) is -1.00. The quantitative estimate of drug-likeness (QED) is 0.633. The minimum atomic E-state index is -1.94. The summed E-state index contributed by atoms with van der Waals surface area (Å²) in [7, 11) is 4.60. The van der Waals surface area contributed by atoms with Gasteiger partial charge in [0.15, 0.2) is 11.5 Å². The number of fused-ring (bicyclic) bond motifs is 1. The second kappa shape index (κ2) is 7.65. The lowest BCUT2D eigenvalue weighted by Crippen LogP contribution is -2.67. The van der Waals surface area contributed by atoms with Crippen LogP contribution in [0, 0.1) is 11.3 Å². The monoisotopic (exact) mass is 394 g/mol. The normalized spacial score (nSPS) is 40.0. The molecule has 0 spiro atoms. The van der Waals surface area contributed by atoms with E-state index < -0.39 is 35.6 Å². The smallest absolute Gasteiger partial charge is 0.201 e. The number of hydrogen-bond donors (Lipinski definition) is 3. The van der Waals surface area contributed by atoms with Gasteiger partial charge in [0.2, 0.25) is 5.79 Å². The first-order chi connectivity index (χ1) is 13.3. The van der Waals surface area contributed by atoms with E-state index in [0.717, 1.165) is 5.56 Å². The van der Waals surface area contributed by atoms with Crippen molar-refractivity contribution in [2.24, 2.45) is 11.3 Å². The van der Waals surface area contributed by atoms with Crippen molar-refractivity contribution in [3.63, 3.8) is 0 Å². The van der Waals surface area contributed by atoms with Crippen LogP contribution in [0.2, 0.25) is 0 Å². The Bertz CT molecular complexity index is 723. The van der Waals surface area contributed by atoms with E-state index in [9.17, 15) is 15.3 Å². The third kappa shape index (κ3) is 2.84. The van der Waals surface area contributed by atoms with Crippen molar-refractivity contribution in [3.05, 3.63) is 36.4 Å². The molecular weight excluding hydrogens is 364 g/mol. The molecule has 1 aliphatic carbocycles. The highest BCUT2D eigenvalue weighted by molar-refractivity contribution is 5.44. The maximum absolute atomic E-state index is 11.5. The molecule has 7 heteroatoms. The van der Waals surface area contributed by atoms with Gasteiger partial charge in [-0.15, -0.1) is 6.58 Å². The number of methoxy groups -OCH3 is 3. The third-order valence-electron chi connectivity index (χ3n) is 6.56. The molecule has 7 atom stereocenters. The van der Waals surface area contributed by atoms with Gasteiger partial charge in [-0.2, -0.15) is 0 Å². The molecule has 1 aromatic carbocycles. The molecule has 156 valence electrons. The summed E-state index contributed by atoms with van der Waals surface area (Å²) in [6.07, 6.45) is -1.48. The van der Waals surface area contributed by atoms with Crippen molar-refractivity contribution >= 4 is 0 Å². The van der Waals surface area contributed by atoms with E-state index in [-0.39, 0.29) is 5.92 Å². The van der Waals surface area contributed by atoms with Crippen LogP contribution < -0.4 is 9.47 Å². The van der Waals surface area contributed by atoms with Gasteiger partial charge >= 0.3 is 0 Å². The van der Waals surface area contributed by atoms with E-state index in [1.54, 1.807) is 32.4 Å². The summed E-state index contributed by atoms with van der Waals surface area (Å²) in [6, 6.07) is 5.43. The molecule has 7 nitrogen and oxygen atoms in total. The molecule has 1 aromatic rings. The Morgan fingerprint density at radius 2 is 1.89 bits per heavy atom. The Labute approximate surface area is 165 Å². The first-order valence-electron chi connectivity index (χ1n) is 9.41. The number of hydrogen-bond acceptors (Lipinski definition) is 7. The first-order valence-corrected chi connectivity index (χ1v) is 9.41. The van der Waals surface area contributed by atoms with Crippen LogP contribution in [-0.4, -0.2) is 60.7 Å². The van der Waals surface area contributed by atoms with E-state index in [0.29, 0.717) is 24.3 Å². The molecule has 1 saturated carbocycles. The fourth-order valence-electron chi connectivity index (χ4n) is 4.92. The minimum absolute atomic E-state index is 0.201. The highest BCUT2D eigenvalue weighted by atomic mass is 16.7. The van der Waals surface area contributed by atoms with Gasteiger partial charge in [0.1, 0.15) is 12.2 Å². The van der Waals surface area contributed by atoms with Crippen molar-refractivity contribution in [1.29, 1.82) is 0 Å². The molecule has 0 radical (unpaired) electrons. The van der Waals surface area contributed by atoms with Crippen LogP contribution in [0.5, 0.6) is 11.5 Å². The zero-order valence-corrected chi connectivity index (χ0v) is 16.8. The van der Waals surface area contributed by atoms with Gasteiger partial charge in [0.25, 0.3) is 0 Å². The lowest BCUT2D eigenvalue weighted by molar-refractivity contribution is -0.336. The molecule has 0 amide bonds. The molecule has 28 heavy (non-hydrogen) atoms. The summed E-state index contributed by atoms with van der Waals surface area (Å²) in [5, 5.41) is 32.7. The van der Waals surface area contributed by atoms with Crippen molar-refractivity contribution in [3.8, 4) is 11.5 Å². The lowest BCUT2D eigenvalue weighted by Gasteiger charge is -2.52. The summed E-state index contributed by atoms with van der Waals surface area (Å²) in [4.78, 5) is 0. The molecule has 1 heterocycles. The molecule has 1 aliphatic heterocycles. The number of aliphatic hydroxyl groups is 3. The second-order valence-electron chi connectivity index (χ2n) is 7.70. The Balaban J connectivity index is 2.08. The van der Waals surface area contributed by atoms with Gasteiger partial charge in [-0.1, -0.05) is 19.1 Å². The highest BCUT2D eigenvalue weighted by Crippen LogP contribution is 2.63. The summed E-state index contributed by atoms with van der Waals surface area (Å²) < 4.78 is 22.2. The van der Waals surface area contributed by atoms with Gasteiger partial charge in [-0.05, 0) is 36.5 Å². The van der Waals surface area contributed by atoms with Crippen LogP contribution in [0.15, 0.2) is 30.9 Å². The maximum Gasteiger partial charge on any atom is 0.201 e. The molecular formula is C21H30O7. The number of rotatable bonds is 6. The zero-order valence-electron chi connectivity index (χ0n) is 16.8. The summed E-state index contributed by atoms with van der Waals surface area (Å²) in [6.45, 7) is 5.80. The van der Waals surface area contributed by atoms with Gasteiger partial charge in [0, 0.05) is 12.5 Å². The summed E-state index contributed by atoms with van der Waals surface area (Å²) >= 11 is 0. The fourth-order valence-corrected chi connectivity index (χ4v) is 4.92. The van der Waals surface area contributed by atoms with Crippen LogP contribution in [0.4, 0.5) is 0 Å². The predicted molar refractivity (Wildman–Crippen MR) is 102 cm³/mol. The number of benzene rings is 1. The van der Waals surface area contributed by atoms with Crippen molar-refractivity contribution in [1.82, 2.24) is 0 Å². The Morgan fingerprint density at radius 1 is 1.21 bits per heavy atom. The van der Waals surface area contributed by atoms with Crippen LogP contribution in [0.3, 0.4) is 0 Å². The van der Waals surface area contributed by atoms with Crippen molar-refractivity contribution in [2.45, 2.75) is 50.0 Å². The Kier molecular flexibility index (Phi) is 5.76. The summed E-state index contributed by atoms with van der Waals surface area (Å²) in [5.41, 5.74) is -0.0848. The van der Waals surface area contributed by atoms with Gasteiger partial charge in [-0.25, -0.2) is 0 Å². The predicted octanol–water partition coefficient (Wildman–Crippen LogP) is 1.80. The molecule has 3 N–H and O–H groups in total. The molecule has 2 fully saturated rings. The largest absolute Gasteiger partial charge is 0.493 e. The number of aliphatic hydroxyl groups excluding tert-OH is 2. The third-order valence-corrected chi connectivity index (χ3v) is 6.56. The van der Waals surface area contributed by atoms with E-state index in [1.807, 2.05) is 13.0 Å². The molecule has 0 bridgehead atoms. The topological polar surface area (TPSA) is 97.6 Å². The zero-order chi connectivity index (χ0) is 20.7. The van der Waals surface area contributed by atoms with E-state index in [2.05, 4.69) is 6.58 Å². The SMILES string of the molecule is C=CC[C@]12C[C@@H](OC)[C@@H](O)[C@H](O)[C@]1(O)O[C@@H](c1ccc(OC)c(OC)c1)[C@H]2C. The molecule has 0 unspecified atom stereocenters. The minimum Gasteiger partial charge on any atom is -0.493 e. The first kappa shape index (κ1) is 21.1. The van der Waals surface area contributed by atoms with Crippen molar-refractivity contribution in [2.75, 3.05) is 21.3 Å². The van der Waals surface area contributed by atoms with Crippen LogP contribution >= 0.6 is 0 Å². The Hall–Kier alpha value is -1.64. The lowest BCUT2D eigenvalue weighted by atomic mass is 9.58. The molecule has 1 saturated heterocycles. The van der Waals surface area contributed by atoms with Crippen molar-refractivity contribution < 1.29 is 34.3 Å². The van der Waals surface area contributed by atoms with E-state index >= 15 is 0 Å². The van der Waals surface area contributed by atoms with Gasteiger partial charge in [0.05, 0.1) is 26.4 Å². The fraction of sp³-hybridized carbons (Fsp3) is 0.619. The molecule has 3 rings (SSSR count). The van der Waals surface area contributed by atoms with Gasteiger partial charge < -0.3 is 34.3 Å². The highest BCUT2D eigenvalue weighted by Gasteiger charge is 2.71. The van der Waals surface area contributed by atoms with Gasteiger partial charge in [-0.3, -0.25) is 0 Å². The van der Waals surface area contributed by atoms with Crippen LogP contribution in [-0.2, 0) is 9.47 Å². The average molecular weight is 394 g/mol. The number of ether oxygens (including phenoxy) is 4. The van der Waals surface area contributed by atoms with E-state index in [4.69, 9.17) is 18.9 Å². The van der Waals surface area contributed by atoms with Crippen LogP contribution in [0.25, 0.3) is 0 Å². The maximum atomic E-state index is 11.5. The molecule has 0 aromatic heterocycles. The standard InChI is InChI=1S/C21H30O7/c1-6-9-20-11-16(27-5)17(22)19(23)21(20,24)28-18(12(20)2)13-7-8-14(25-3)15(10-13)26-4/h6-8,10,12,16-19,22-24H,1,9,11H2,2-5H3/t12-,16-,17-,18-,19+,20-,21+/m1/s1. The molecule has 2 aliphatic rings. The number of allylic oxidation sites excluding steroid dienone is 1. The van der Waals surface area contributed by atoms with Crippen LogP contribution in [0.1, 0.15) is 31.4 Å². The van der Waals surface area contributed by atoms with E-state index in [1.165, 1.54) is 7.11 Å². The Morgan fingerprint density at radius 3 is 2.46 bits per heavy atom. The average Bonchev–Trinajstić information content (AvgIpc) is 2.93. The second-order valence-corrected chi connectivity index (χ2v) is 7.70.